The van der Waals surface area contributed by atoms with Gasteiger partial charge in [0.05, 0.1) is 12.2 Å². The van der Waals surface area contributed by atoms with Crippen LogP contribution in [0.3, 0.4) is 0 Å². The molecule has 1 heteroatoms. The van der Waals surface area contributed by atoms with Gasteiger partial charge in [-0.05, 0) is 11.3 Å². The van der Waals surface area contributed by atoms with Gasteiger partial charge in [0.2, 0.25) is 0 Å². The molecule has 3 fully saturated rings. The SMILES string of the molecule is CC1C2C[C@H](O2)C1(C)C. The van der Waals surface area contributed by atoms with Crippen molar-refractivity contribution in [3.05, 3.63) is 0 Å². The lowest BCUT2D eigenvalue weighted by atomic mass is 9.83. The van der Waals surface area contributed by atoms with Gasteiger partial charge in [-0.15, -0.1) is 0 Å². The van der Waals surface area contributed by atoms with Gasteiger partial charge in [-0.1, -0.05) is 20.8 Å². The second-order valence-electron chi connectivity index (χ2n) is 4.01. The molecule has 1 nitrogen and oxygen atoms in total. The van der Waals surface area contributed by atoms with Crippen molar-refractivity contribution >= 4 is 0 Å². The minimum Gasteiger partial charge on any atom is -0.374 e. The molecule has 3 atom stereocenters. The summed E-state index contributed by atoms with van der Waals surface area (Å²) >= 11 is 0. The Balaban J connectivity index is 2.26. The molecule has 9 heavy (non-hydrogen) atoms. The summed E-state index contributed by atoms with van der Waals surface area (Å²) in [6.45, 7) is 6.93. The third-order valence-corrected chi connectivity index (χ3v) is 3.35. The van der Waals surface area contributed by atoms with Crippen molar-refractivity contribution in [2.24, 2.45) is 11.3 Å². The Kier molecular flexibility index (Phi) is 0.852. The Hall–Kier alpha value is -0.0400. The van der Waals surface area contributed by atoms with Crippen molar-refractivity contribution in [2.45, 2.75) is 39.4 Å². The summed E-state index contributed by atoms with van der Waals surface area (Å²) < 4.78 is 5.58. The Morgan fingerprint density at radius 1 is 1.44 bits per heavy atom. The number of hydrogen-bond acceptors (Lipinski definition) is 1. The van der Waals surface area contributed by atoms with Crippen LogP contribution >= 0.6 is 0 Å². The van der Waals surface area contributed by atoms with Gasteiger partial charge in [0, 0.05) is 6.42 Å². The minimum absolute atomic E-state index is 0.463. The molecule has 1 aliphatic carbocycles. The van der Waals surface area contributed by atoms with Crippen molar-refractivity contribution in [2.75, 3.05) is 0 Å². The van der Waals surface area contributed by atoms with Crippen LogP contribution in [0.5, 0.6) is 0 Å². The maximum Gasteiger partial charge on any atom is 0.0658 e. The van der Waals surface area contributed by atoms with Gasteiger partial charge >= 0.3 is 0 Å². The van der Waals surface area contributed by atoms with E-state index in [4.69, 9.17) is 4.74 Å². The molecule has 3 aliphatic rings. The summed E-state index contributed by atoms with van der Waals surface area (Å²) in [5, 5.41) is 0. The number of fused-ring (bicyclic) bond motifs is 1. The molecule has 3 rings (SSSR count). The smallest absolute Gasteiger partial charge is 0.0658 e. The summed E-state index contributed by atoms with van der Waals surface area (Å²) in [5.41, 5.74) is 0.463. The fraction of sp³-hybridized carbons (Fsp3) is 1.00. The molecule has 0 amide bonds. The van der Waals surface area contributed by atoms with E-state index in [1.807, 2.05) is 0 Å². The molecule has 52 valence electrons. The Labute approximate surface area is 56.4 Å². The lowest BCUT2D eigenvalue weighted by Gasteiger charge is -2.28. The second kappa shape index (κ2) is 1.34. The number of rotatable bonds is 0. The van der Waals surface area contributed by atoms with Gasteiger partial charge in [-0.25, -0.2) is 0 Å². The van der Waals surface area contributed by atoms with Crippen LogP contribution in [0.1, 0.15) is 27.2 Å². The van der Waals surface area contributed by atoms with Crippen molar-refractivity contribution in [1.29, 1.82) is 0 Å². The zero-order valence-corrected chi connectivity index (χ0v) is 6.35. The van der Waals surface area contributed by atoms with Gasteiger partial charge in [0.15, 0.2) is 0 Å². The summed E-state index contributed by atoms with van der Waals surface area (Å²) in [4.78, 5) is 0. The molecule has 2 heterocycles. The van der Waals surface area contributed by atoms with Crippen molar-refractivity contribution in [3.63, 3.8) is 0 Å². The molecule has 0 spiro atoms. The average molecular weight is 126 g/mol. The topological polar surface area (TPSA) is 9.23 Å². The molecule has 0 aromatic heterocycles. The number of hydrogen-bond donors (Lipinski definition) is 0. The molecule has 0 aromatic carbocycles. The fourth-order valence-corrected chi connectivity index (χ4v) is 1.98. The summed E-state index contributed by atoms with van der Waals surface area (Å²) in [6, 6.07) is 0. The zero-order valence-electron chi connectivity index (χ0n) is 6.35. The van der Waals surface area contributed by atoms with E-state index in [0.717, 1.165) is 5.92 Å². The van der Waals surface area contributed by atoms with E-state index in [1.165, 1.54) is 6.42 Å². The van der Waals surface area contributed by atoms with Crippen LogP contribution in [0, 0.1) is 11.3 Å². The van der Waals surface area contributed by atoms with E-state index in [0.29, 0.717) is 17.6 Å². The predicted molar refractivity (Wildman–Crippen MR) is 36.2 cm³/mol. The molecule has 1 saturated carbocycles. The van der Waals surface area contributed by atoms with E-state index in [2.05, 4.69) is 20.8 Å². The predicted octanol–water partition coefficient (Wildman–Crippen LogP) is 1.82. The summed E-state index contributed by atoms with van der Waals surface area (Å²) in [6.07, 6.45) is 2.50. The standard InChI is InChI=1S/C8H14O/c1-5-6-4-7(9-6)8(5,2)3/h5-7H,4H2,1-3H3/t5?,6?,7-/m0/s1. The first kappa shape index (κ1) is 5.72. The van der Waals surface area contributed by atoms with E-state index < -0.39 is 0 Å². The number of ether oxygens (including phenoxy) is 1. The summed E-state index contributed by atoms with van der Waals surface area (Å²) in [5.74, 6) is 0.780. The summed E-state index contributed by atoms with van der Waals surface area (Å²) in [7, 11) is 0. The Morgan fingerprint density at radius 2 is 2.00 bits per heavy atom. The van der Waals surface area contributed by atoms with Crippen LogP contribution in [0.2, 0.25) is 0 Å². The van der Waals surface area contributed by atoms with Crippen LogP contribution < -0.4 is 0 Å². The maximum absolute atomic E-state index is 5.58. The molecular weight excluding hydrogens is 112 g/mol. The highest BCUT2D eigenvalue weighted by Crippen LogP contribution is 2.54. The molecule has 2 aliphatic heterocycles. The molecular formula is C8H14O. The molecule has 2 bridgehead atoms. The van der Waals surface area contributed by atoms with Gasteiger partial charge in [-0.3, -0.25) is 0 Å². The van der Waals surface area contributed by atoms with Crippen molar-refractivity contribution < 1.29 is 4.74 Å². The third-order valence-electron chi connectivity index (χ3n) is 3.35. The highest BCUT2D eigenvalue weighted by molar-refractivity contribution is 5.04. The van der Waals surface area contributed by atoms with Crippen LogP contribution in [0.25, 0.3) is 0 Å². The third kappa shape index (κ3) is 0.493. The van der Waals surface area contributed by atoms with Crippen LogP contribution in [0.4, 0.5) is 0 Å². The zero-order chi connectivity index (χ0) is 6.65. The quantitative estimate of drug-likeness (QED) is 0.481. The van der Waals surface area contributed by atoms with E-state index in [1.54, 1.807) is 0 Å². The first-order valence-electron chi connectivity index (χ1n) is 3.78. The van der Waals surface area contributed by atoms with Gasteiger partial charge < -0.3 is 4.74 Å². The van der Waals surface area contributed by atoms with Crippen LogP contribution in [0.15, 0.2) is 0 Å². The Bertz CT molecular complexity index is 134. The normalized spacial score (nSPS) is 53.0. The monoisotopic (exact) mass is 126 g/mol. The Morgan fingerprint density at radius 3 is 2.11 bits per heavy atom. The highest BCUT2D eigenvalue weighted by Gasteiger charge is 2.56. The van der Waals surface area contributed by atoms with E-state index >= 15 is 0 Å². The van der Waals surface area contributed by atoms with Gasteiger partial charge in [0.25, 0.3) is 0 Å². The van der Waals surface area contributed by atoms with E-state index in [-0.39, 0.29) is 0 Å². The molecule has 0 aromatic rings. The van der Waals surface area contributed by atoms with Gasteiger partial charge in [-0.2, -0.15) is 0 Å². The van der Waals surface area contributed by atoms with Crippen LogP contribution in [-0.2, 0) is 4.74 Å². The fourth-order valence-electron chi connectivity index (χ4n) is 1.98. The first-order valence-corrected chi connectivity index (χ1v) is 3.78. The molecule has 2 saturated heterocycles. The lowest BCUT2D eigenvalue weighted by Crippen LogP contribution is -2.31. The molecule has 2 unspecified atom stereocenters. The molecule has 0 N–H and O–H groups in total. The minimum atomic E-state index is 0.463. The second-order valence-corrected chi connectivity index (χ2v) is 4.01. The van der Waals surface area contributed by atoms with Crippen LogP contribution in [-0.4, -0.2) is 12.2 Å². The lowest BCUT2D eigenvalue weighted by molar-refractivity contribution is -0.0888. The average Bonchev–Trinajstić information content (AvgIpc) is 1.84. The van der Waals surface area contributed by atoms with Crippen molar-refractivity contribution in [1.82, 2.24) is 0 Å². The molecule has 0 radical (unpaired) electrons. The first-order chi connectivity index (χ1) is 4.12. The van der Waals surface area contributed by atoms with E-state index in [9.17, 15) is 0 Å². The highest BCUT2D eigenvalue weighted by atomic mass is 16.5. The van der Waals surface area contributed by atoms with Crippen molar-refractivity contribution in [3.8, 4) is 0 Å². The largest absolute Gasteiger partial charge is 0.374 e. The van der Waals surface area contributed by atoms with Gasteiger partial charge in [0.1, 0.15) is 0 Å². The maximum atomic E-state index is 5.58.